The highest BCUT2D eigenvalue weighted by molar-refractivity contribution is 9.10. The minimum absolute atomic E-state index is 0.00431. The zero-order valence-electron chi connectivity index (χ0n) is 13.5. The summed E-state index contributed by atoms with van der Waals surface area (Å²) in [6.07, 6.45) is 1.43. The zero-order valence-corrected chi connectivity index (χ0v) is 15.9. The van der Waals surface area contributed by atoms with Gasteiger partial charge >= 0.3 is 0 Å². The van der Waals surface area contributed by atoms with Crippen molar-refractivity contribution < 1.29 is 19.4 Å². The molecule has 0 aliphatic rings. The number of benzene rings is 2. The molecule has 8 heteroatoms. The molecule has 132 valence electrons. The third-order valence-electron chi connectivity index (χ3n) is 3.17. The average molecular weight is 428 g/mol. The normalized spacial score (nSPS) is 10.7. The van der Waals surface area contributed by atoms with E-state index >= 15 is 0 Å². The summed E-state index contributed by atoms with van der Waals surface area (Å²) >= 11 is 9.14. The van der Waals surface area contributed by atoms with Gasteiger partial charge in [-0.25, -0.2) is 5.43 Å². The highest BCUT2D eigenvalue weighted by Crippen LogP contribution is 2.34. The Balaban J connectivity index is 1.90. The van der Waals surface area contributed by atoms with E-state index in [0.29, 0.717) is 26.6 Å². The second-order valence-electron chi connectivity index (χ2n) is 5.05. The van der Waals surface area contributed by atoms with E-state index in [-0.39, 0.29) is 12.4 Å². The van der Waals surface area contributed by atoms with Gasteiger partial charge in [0, 0.05) is 5.02 Å². The van der Waals surface area contributed by atoms with E-state index in [1.165, 1.54) is 13.3 Å². The molecule has 0 heterocycles. The minimum Gasteiger partial charge on any atom is -0.503 e. The van der Waals surface area contributed by atoms with Crippen LogP contribution in [0.5, 0.6) is 17.2 Å². The molecule has 0 unspecified atom stereocenters. The van der Waals surface area contributed by atoms with Crippen molar-refractivity contribution in [2.45, 2.75) is 6.92 Å². The summed E-state index contributed by atoms with van der Waals surface area (Å²) in [5.74, 6) is 0.431. The molecule has 2 aromatic carbocycles. The number of hydrogen-bond acceptors (Lipinski definition) is 5. The molecular weight excluding hydrogens is 412 g/mol. The fourth-order valence-electron chi connectivity index (χ4n) is 1.89. The number of carbonyl (C=O) groups is 1. The second kappa shape index (κ2) is 8.73. The van der Waals surface area contributed by atoms with Crippen LogP contribution in [-0.2, 0) is 4.79 Å². The summed E-state index contributed by atoms with van der Waals surface area (Å²) in [5, 5.41) is 14.2. The quantitative estimate of drug-likeness (QED) is 0.545. The van der Waals surface area contributed by atoms with Crippen molar-refractivity contribution in [1.29, 1.82) is 0 Å². The first-order valence-electron chi connectivity index (χ1n) is 7.18. The molecule has 2 aromatic rings. The molecule has 0 saturated heterocycles. The topological polar surface area (TPSA) is 80.2 Å². The molecule has 2 N–H and O–H groups in total. The lowest BCUT2D eigenvalue weighted by atomic mass is 10.2. The van der Waals surface area contributed by atoms with Crippen molar-refractivity contribution >= 4 is 39.7 Å². The predicted molar refractivity (Wildman–Crippen MR) is 99.8 cm³/mol. The van der Waals surface area contributed by atoms with Gasteiger partial charge in [0.25, 0.3) is 5.91 Å². The Morgan fingerprint density at radius 1 is 1.40 bits per heavy atom. The molecule has 1 amide bonds. The van der Waals surface area contributed by atoms with Crippen LogP contribution in [0.1, 0.15) is 11.1 Å². The maximum atomic E-state index is 11.8. The number of phenolic OH excluding ortho intramolecular Hbond substituents is 1. The number of amides is 1. The molecule has 0 bridgehead atoms. The number of nitrogens with one attached hydrogen (secondary N) is 1. The van der Waals surface area contributed by atoms with Crippen LogP contribution < -0.4 is 14.9 Å². The number of methoxy groups -OCH3 is 1. The van der Waals surface area contributed by atoms with Crippen molar-refractivity contribution in [3.05, 3.63) is 51.0 Å². The summed E-state index contributed by atoms with van der Waals surface area (Å²) in [6, 6.07) is 8.37. The molecule has 0 spiro atoms. The number of rotatable bonds is 6. The standard InChI is InChI=1S/C17H16BrClN2O4/c1-10-5-12(3-4-14(10)19)25-9-16(22)21-20-8-11-6-13(18)17(23)15(7-11)24-2/h3-8,23H,9H2,1-2H3,(H,21,22)/b20-8-. The zero-order chi connectivity index (χ0) is 18.4. The first kappa shape index (κ1) is 19.1. The van der Waals surface area contributed by atoms with E-state index in [4.69, 9.17) is 21.1 Å². The Morgan fingerprint density at radius 3 is 2.84 bits per heavy atom. The number of aromatic hydroxyl groups is 1. The molecule has 6 nitrogen and oxygen atoms in total. The molecule has 0 atom stereocenters. The fourth-order valence-corrected chi connectivity index (χ4v) is 2.47. The van der Waals surface area contributed by atoms with Crippen LogP contribution >= 0.6 is 27.5 Å². The largest absolute Gasteiger partial charge is 0.503 e. The van der Waals surface area contributed by atoms with Gasteiger partial charge in [0.1, 0.15) is 5.75 Å². The van der Waals surface area contributed by atoms with E-state index in [9.17, 15) is 9.90 Å². The van der Waals surface area contributed by atoms with Crippen molar-refractivity contribution in [3.8, 4) is 17.2 Å². The predicted octanol–water partition coefficient (Wildman–Crippen LogP) is 3.65. The Morgan fingerprint density at radius 2 is 2.16 bits per heavy atom. The van der Waals surface area contributed by atoms with Crippen LogP contribution in [0, 0.1) is 6.92 Å². The maximum absolute atomic E-state index is 11.8. The SMILES string of the molecule is COc1cc(/C=N\NC(=O)COc2ccc(Cl)c(C)c2)cc(Br)c1O. The van der Waals surface area contributed by atoms with Gasteiger partial charge < -0.3 is 14.6 Å². The van der Waals surface area contributed by atoms with Crippen molar-refractivity contribution in [2.24, 2.45) is 5.10 Å². The van der Waals surface area contributed by atoms with Gasteiger partial charge in [-0.15, -0.1) is 0 Å². The second-order valence-corrected chi connectivity index (χ2v) is 6.31. The minimum atomic E-state index is -0.409. The molecule has 0 aliphatic carbocycles. The summed E-state index contributed by atoms with van der Waals surface area (Å²) in [4.78, 5) is 11.8. The van der Waals surface area contributed by atoms with Crippen LogP contribution in [0.15, 0.2) is 39.9 Å². The highest BCUT2D eigenvalue weighted by atomic mass is 79.9. The van der Waals surface area contributed by atoms with E-state index < -0.39 is 5.91 Å². The Kier molecular flexibility index (Phi) is 6.66. The summed E-state index contributed by atoms with van der Waals surface area (Å²) in [5.41, 5.74) is 3.86. The number of carbonyl (C=O) groups excluding carboxylic acids is 1. The van der Waals surface area contributed by atoms with Crippen molar-refractivity contribution in [1.82, 2.24) is 5.43 Å². The fraction of sp³-hybridized carbons (Fsp3) is 0.176. The maximum Gasteiger partial charge on any atom is 0.277 e. The molecule has 0 radical (unpaired) electrons. The first-order chi connectivity index (χ1) is 11.9. The van der Waals surface area contributed by atoms with Crippen LogP contribution in [0.3, 0.4) is 0 Å². The molecule has 0 fully saturated rings. The molecular formula is C17H16BrClN2O4. The summed E-state index contributed by atoms with van der Waals surface area (Å²) in [7, 11) is 1.44. The van der Waals surface area contributed by atoms with Crippen LogP contribution in [0.25, 0.3) is 0 Å². The first-order valence-corrected chi connectivity index (χ1v) is 8.35. The van der Waals surface area contributed by atoms with Gasteiger partial charge in [0.15, 0.2) is 18.1 Å². The Labute approximate surface area is 158 Å². The molecule has 0 aliphatic heterocycles. The number of hydrogen-bond donors (Lipinski definition) is 2. The molecule has 0 aromatic heterocycles. The third-order valence-corrected chi connectivity index (χ3v) is 4.20. The molecule has 2 rings (SSSR count). The van der Waals surface area contributed by atoms with Gasteiger partial charge in [0.2, 0.25) is 0 Å². The van der Waals surface area contributed by atoms with Gasteiger partial charge in [-0.05, 0) is 64.3 Å². The lowest BCUT2D eigenvalue weighted by Gasteiger charge is -2.07. The van der Waals surface area contributed by atoms with E-state index in [2.05, 4.69) is 26.5 Å². The van der Waals surface area contributed by atoms with Crippen molar-refractivity contribution in [3.63, 3.8) is 0 Å². The number of nitrogens with zero attached hydrogens (tertiary/aromatic N) is 1. The average Bonchev–Trinajstić information content (AvgIpc) is 2.59. The monoisotopic (exact) mass is 426 g/mol. The number of hydrazone groups is 1. The van der Waals surface area contributed by atoms with Gasteiger partial charge in [-0.2, -0.15) is 5.10 Å². The summed E-state index contributed by atoms with van der Waals surface area (Å²) < 4.78 is 10.9. The van der Waals surface area contributed by atoms with Crippen LogP contribution in [0.2, 0.25) is 5.02 Å². The van der Waals surface area contributed by atoms with Gasteiger partial charge in [-0.1, -0.05) is 11.6 Å². The van der Waals surface area contributed by atoms with E-state index in [1.807, 2.05) is 6.92 Å². The van der Waals surface area contributed by atoms with Gasteiger partial charge in [-0.3, -0.25) is 4.79 Å². The number of halogens is 2. The summed E-state index contributed by atoms with van der Waals surface area (Å²) in [6.45, 7) is 1.67. The third kappa shape index (κ3) is 5.37. The molecule has 0 saturated carbocycles. The van der Waals surface area contributed by atoms with Gasteiger partial charge in [0.05, 0.1) is 17.8 Å². The van der Waals surface area contributed by atoms with E-state index in [0.717, 1.165) is 5.56 Å². The van der Waals surface area contributed by atoms with Crippen LogP contribution in [0.4, 0.5) is 0 Å². The Hall–Kier alpha value is -2.25. The lowest BCUT2D eigenvalue weighted by molar-refractivity contribution is -0.123. The van der Waals surface area contributed by atoms with Crippen LogP contribution in [-0.4, -0.2) is 30.9 Å². The number of phenols is 1. The smallest absolute Gasteiger partial charge is 0.277 e. The lowest BCUT2D eigenvalue weighted by Crippen LogP contribution is -2.24. The number of aryl methyl sites for hydroxylation is 1. The highest BCUT2D eigenvalue weighted by Gasteiger charge is 2.08. The molecule has 25 heavy (non-hydrogen) atoms. The van der Waals surface area contributed by atoms with E-state index in [1.54, 1.807) is 30.3 Å². The Bertz CT molecular complexity index is 811. The van der Waals surface area contributed by atoms with Crippen molar-refractivity contribution in [2.75, 3.05) is 13.7 Å². The number of ether oxygens (including phenoxy) is 2.